The monoisotopic (exact) mass is 268 g/mol. The van der Waals surface area contributed by atoms with Crippen LogP contribution in [0.2, 0.25) is 0 Å². The number of carbonyl (C=O) groups is 1. The summed E-state index contributed by atoms with van der Waals surface area (Å²) in [5.74, 6) is -0.298. The zero-order chi connectivity index (χ0) is 13.0. The molecule has 0 aliphatic carbocycles. The number of nitrogens with one attached hydrogen (secondary N) is 1. The van der Waals surface area contributed by atoms with Gasteiger partial charge in [-0.25, -0.2) is 9.18 Å². The van der Waals surface area contributed by atoms with E-state index >= 15 is 0 Å². The molecule has 2 amide bonds. The summed E-state index contributed by atoms with van der Waals surface area (Å²) >= 11 is 1.80. The maximum atomic E-state index is 12.7. The molecular formula is C13H17FN2OS. The quantitative estimate of drug-likeness (QED) is 0.893. The number of likely N-dealkylation sites (tertiary alicyclic amines) is 1. The molecule has 0 saturated carbocycles. The molecule has 1 aliphatic rings. The minimum Gasteiger partial charge on any atom is -0.323 e. The van der Waals surface area contributed by atoms with Crippen LogP contribution in [0.3, 0.4) is 0 Å². The molecule has 0 bridgehead atoms. The minimum absolute atomic E-state index is 0.0969. The van der Waals surface area contributed by atoms with Crippen molar-refractivity contribution < 1.29 is 9.18 Å². The molecule has 1 heterocycles. The average molecular weight is 268 g/mol. The number of nitrogens with zero attached hydrogens (tertiary/aromatic N) is 1. The van der Waals surface area contributed by atoms with Crippen molar-refractivity contribution in [2.24, 2.45) is 0 Å². The first kappa shape index (κ1) is 13.2. The van der Waals surface area contributed by atoms with Crippen LogP contribution >= 0.6 is 11.8 Å². The number of hydrogen-bond acceptors (Lipinski definition) is 2. The molecule has 1 aromatic rings. The van der Waals surface area contributed by atoms with Gasteiger partial charge in [-0.1, -0.05) is 0 Å². The molecule has 1 atom stereocenters. The van der Waals surface area contributed by atoms with Crippen LogP contribution in [0.5, 0.6) is 0 Å². The second-order valence-electron chi connectivity index (χ2n) is 4.38. The lowest BCUT2D eigenvalue weighted by atomic mass is 10.1. The third-order valence-electron chi connectivity index (χ3n) is 3.09. The van der Waals surface area contributed by atoms with Crippen LogP contribution in [0.4, 0.5) is 14.9 Å². The van der Waals surface area contributed by atoms with E-state index in [1.165, 1.54) is 18.6 Å². The van der Waals surface area contributed by atoms with E-state index in [0.717, 1.165) is 19.5 Å². The van der Waals surface area contributed by atoms with Crippen molar-refractivity contribution >= 4 is 23.5 Å². The van der Waals surface area contributed by atoms with Gasteiger partial charge in [-0.05, 0) is 43.4 Å². The third-order valence-corrected chi connectivity index (χ3v) is 4.15. The SMILES string of the molecule is CS[C@@H]1CCCN(C(=O)Nc2ccc(F)cc2)C1. The highest BCUT2D eigenvalue weighted by atomic mass is 32.2. The zero-order valence-electron chi connectivity index (χ0n) is 10.4. The van der Waals surface area contributed by atoms with Crippen molar-refractivity contribution in [3.05, 3.63) is 30.1 Å². The normalized spacial score (nSPS) is 19.7. The summed E-state index contributed by atoms with van der Waals surface area (Å²) < 4.78 is 12.7. The van der Waals surface area contributed by atoms with Gasteiger partial charge in [-0.15, -0.1) is 0 Å². The zero-order valence-corrected chi connectivity index (χ0v) is 11.2. The largest absolute Gasteiger partial charge is 0.323 e. The van der Waals surface area contributed by atoms with Crippen molar-refractivity contribution in [1.29, 1.82) is 0 Å². The Labute approximate surface area is 111 Å². The van der Waals surface area contributed by atoms with Crippen LogP contribution in [0.25, 0.3) is 0 Å². The second-order valence-corrected chi connectivity index (χ2v) is 5.52. The molecule has 98 valence electrons. The highest BCUT2D eigenvalue weighted by molar-refractivity contribution is 7.99. The number of thioether (sulfide) groups is 1. The maximum absolute atomic E-state index is 12.7. The summed E-state index contributed by atoms with van der Waals surface area (Å²) in [7, 11) is 0. The van der Waals surface area contributed by atoms with E-state index in [2.05, 4.69) is 11.6 Å². The Morgan fingerprint density at radius 3 is 2.83 bits per heavy atom. The van der Waals surface area contributed by atoms with Gasteiger partial charge in [0.1, 0.15) is 5.82 Å². The van der Waals surface area contributed by atoms with Gasteiger partial charge in [0.15, 0.2) is 0 Å². The minimum atomic E-state index is -0.298. The number of carbonyl (C=O) groups excluding carboxylic acids is 1. The molecule has 0 spiro atoms. The van der Waals surface area contributed by atoms with Gasteiger partial charge >= 0.3 is 6.03 Å². The fraction of sp³-hybridized carbons (Fsp3) is 0.462. The molecule has 0 unspecified atom stereocenters. The second kappa shape index (κ2) is 6.09. The topological polar surface area (TPSA) is 32.3 Å². The van der Waals surface area contributed by atoms with Crippen molar-refractivity contribution in [1.82, 2.24) is 4.90 Å². The number of urea groups is 1. The Morgan fingerprint density at radius 2 is 2.17 bits per heavy atom. The van der Waals surface area contributed by atoms with Crippen LogP contribution in [0.15, 0.2) is 24.3 Å². The molecule has 0 radical (unpaired) electrons. The molecule has 3 nitrogen and oxygen atoms in total. The fourth-order valence-corrected chi connectivity index (χ4v) is 2.78. The highest BCUT2D eigenvalue weighted by Gasteiger charge is 2.22. The van der Waals surface area contributed by atoms with Gasteiger partial charge < -0.3 is 10.2 Å². The predicted octanol–water partition coefficient (Wildman–Crippen LogP) is 3.19. The molecule has 1 aliphatic heterocycles. The number of rotatable bonds is 2. The Morgan fingerprint density at radius 1 is 1.44 bits per heavy atom. The van der Waals surface area contributed by atoms with E-state index in [1.807, 2.05) is 4.90 Å². The number of amides is 2. The van der Waals surface area contributed by atoms with Gasteiger partial charge in [0.05, 0.1) is 0 Å². The van der Waals surface area contributed by atoms with Crippen LogP contribution in [0, 0.1) is 5.82 Å². The summed E-state index contributed by atoms with van der Waals surface area (Å²) in [5.41, 5.74) is 0.632. The van der Waals surface area contributed by atoms with Crippen LogP contribution in [0.1, 0.15) is 12.8 Å². The Balaban J connectivity index is 1.93. The summed E-state index contributed by atoms with van der Waals surface area (Å²) in [6.45, 7) is 1.58. The van der Waals surface area contributed by atoms with E-state index in [-0.39, 0.29) is 11.8 Å². The fourth-order valence-electron chi connectivity index (χ4n) is 2.05. The molecule has 2 rings (SSSR count). The van der Waals surface area contributed by atoms with Gasteiger partial charge in [0.25, 0.3) is 0 Å². The average Bonchev–Trinajstić information content (AvgIpc) is 2.41. The van der Waals surface area contributed by atoms with E-state index < -0.39 is 0 Å². The van der Waals surface area contributed by atoms with Crippen molar-refractivity contribution in [2.45, 2.75) is 18.1 Å². The van der Waals surface area contributed by atoms with Crippen molar-refractivity contribution in [3.8, 4) is 0 Å². The van der Waals surface area contributed by atoms with Crippen molar-refractivity contribution in [2.75, 3.05) is 24.7 Å². The molecule has 1 N–H and O–H groups in total. The molecule has 1 fully saturated rings. The first-order valence-corrected chi connectivity index (χ1v) is 7.32. The molecule has 1 saturated heterocycles. The van der Waals surface area contributed by atoms with Crippen LogP contribution < -0.4 is 5.32 Å². The molecule has 5 heteroatoms. The summed E-state index contributed by atoms with van der Waals surface area (Å²) in [5, 5.41) is 3.32. The van der Waals surface area contributed by atoms with E-state index in [0.29, 0.717) is 10.9 Å². The molecule has 1 aromatic carbocycles. The number of anilines is 1. The van der Waals surface area contributed by atoms with E-state index in [1.54, 1.807) is 23.9 Å². The lowest BCUT2D eigenvalue weighted by Crippen LogP contribution is -2.43. The Hall–Kier alpha value is -1.23. The molecule has 0 aromatic heterocycles. The van der Waals surface area contributed by atoms with E-state index in [4.69, 9.17) is 0 Å². The van der Waals surface area contributed by atoms with Gasteiger partial charge in [-0.3, -0.25) is 0 Å². The van der Waals surface area contributed by atoms with E-state index in [9.17, 15) is 9.18 Å². The third kappa shape index (κ3) is 3.38. The highest BCUT2D eigenvalue weighted by Crippen LogP contribution is 2.20. The Kier molecular flexibility index (Phi) is 4.47. The van der Waals surface area contributed by atoms with Gasteiger partial charge in [-0.2, -0.15) is 11.8 Å². The number of halogens is 1. The predicted molar refractivity (Wildman–Crippen MR) is 73.5 cm³/mol. The number of piperidine rings is 1. The van der Waals surface area contributed by atoms with Crippen LogP contribution in [-0.4, -0.2) is 35.5 Å². The van der Waals surface area contributed by atoms with Gasteiger partial charge in [0, 0.05) is 24.0 Å². The lowest BCUT2D eigenvalue weighted by molar-refractivity contribution is 0.201. The summed E-state index contributed by atoms with van der Waals surface area (Å²) in [6, 6.07) is 5.74. The number of hydrogen-bond donors (Lipinski definition) is 1. The number of benzene rings is 1. The van der Waals surface area contributed by atoms with Gasteiger partial charge in [0.2, 0.25) is 0 Å². The standard InChI is InChI=1S/C13H17FN2OS/c1-18-12-3-2-8-16(9-12)13(17)15-11-6-4-10(14)5-7-11/h4-7,12H,2-3,8-9H2,1H3,(H,15,17)/t12-/m1/s1. The maximum Gasteiger partial charge on any atom is 0.321 e. The van der Waals surface area contributed by atoms with Crippen molar-refractivity contribution in [3.63, 3.8) is 0 Å². The van der Waals surface area contributed by atoms with Crippen LogP contribution in [-0.2, 0) is 0 Å². The summed E-state index contributed by atoms with van der Waals surface area (Å²) in [4.78, 5) is 13.9. The molecular weight excluding hydrogens is 251 g/mol. The smallest absolute Gasteiger partial charge is 0.321 e. The lowest BCUT2D eigenvalue weighted by Gasteiger charge is -2.31. The first-order valence-electron chi connectivity index (χ1n) is 6.03. The summed E-state index contributed by atoms with van der Waals surface area (Å²) in [6.07, 6.45) is 4.29. The Bertz CT molecular complexity index is 410. The molecule has 18 heavy (non-hydrogen) atoms. The first-order chi connectivity index (χ1) is 8.69.